The summed E-state index contributed by atoms with van der Waals surface area (Å²) in [6, 6.07) is 10.5. The highest BCUT2D eigenvalue weighted by molar-refractivity contribution is 6.00. The smallest absolute Gasteiger partial charge is 0.331 e. The number of aromatic nitrogens is 2. The first-order valence-electron chi connectivity index (χ1n) is 10.4. The molecule has 3 rings (SSSR count). The van der Waals surface area contributed by atoms with E-state index in [1.165, 1.54) is 10.1 Å². The molecule has 0 saturated carbocycles. The Bertz CT molecular complexity index is 954. The molecule has 0 amide bonds. The van der Waals surface area contributed by atoms with E-state index in [-0.39, 0.29) is 17.5 Å². The molecular formula is C22H30N4O3. The summed E-state index contributed by atoms with van der Waals surface area (Å²) in [6.45, 7) is 6.92. The molecule has 29 heavy (non-hydrogen) atoms. The molecule has 0 aliphatic carbocycles. The molecule has 1 fully saturated rings. The van der Waals surface area contributed by atoms with Crippen molar-refractivity contribution in [1.82, 2.24) is 14.5 Å². The molecule has 2 aromatic rings. The maximum atomic E-state index is 12.3. The lowest BCUT2D eigenvalue weighted by Gasteiger charge is -2.30. The van der Waals surface area contributed by atoms with E-state index >= 15 is 0 Å². The largest absolute Gasteiger partial charge is 0.494 e. The molecule has 1 aromatic carbocycles. The topological polar surface area (TPSA) is 90.7 Å². The second-order valence-corrected chi connectivity index (χ2v) is 7.67. The van der Waals surface area contributed by atoms with Gasteiger partial charge in [-0.05, 0) is 31.7 Å². The second-order valence-electron chi connectivity index (χ2n) is 7.67. The number of hydrogen-bond acceptors (Lipinski definition) is 5. The van der Waals surface area contributed by atoms with Crippen LogP contribution in [0.3, 0.4) is 0 Å². The van der Waals surface area contributed by atoms with Gasteiger partial charge in [-0.3, -0.25) is 24.2 Å². The van der Waals surface area contributed by atoms with Crippen LogP contribution in [-0.4, -0.2) is 44.4 Å². The fraction of sp³-hybridized carbons (Fsp3) is 0.500. The van der Waals surface area contributed by atoms with Crippen molar-refractivity contribution in [2.24, 2.45) is 4.99 Å². The molecule has 0 spiro atoms. The molecule has 0 unspecified atom stereocenters. The highest BCUT2D eigenvalue weighted by Crippen LogP contribution is 2.19. The average Bonchev–Trinajstić information content (AvgIpc) is 2.70. The lowest BCUT2D eigenvalue weighted by molar-refractivity contribution is 0.206. The van der Waals surface area contributed by atoms with Gasteiger partial charge < -0.3 is 5.11 Å². The van der Waals surface area contributed by atoms with E-state index < -0.39 is 11.2 Å². The minimum absolute atomic E-state index is 0.104. The molecule has 1 saturated heterocycles. The number of nitrogens with one attached hydrogen (secondary N) is 1. The summed E-state index contributed by atoms with van der Waals surface area (Å²) < 4.78 is 1.22. The number of rotatable bonds is 7. The van der Waals surface area contributed by atoms with Gasteiger partial charge in [0.25, 0.3) is 5.56 Å². The van der Waals surface area contributed by atoms with E-state index in [2.05, 4.69) is 34.1 Å². The molecule has 1 aliphatic heterocycles. The summed E-state index contributed by atoms with van der Waals surface area (Å²) in [5.41, 5.74) is 0.731. The van der Waals surface area contributed by atoms with Crippen LogP contribution >= 0.6 is 0 Å². The van der Waals surface area contributed by atoms with Crippen LogP contribution < -0.4 is 11.2 Å². The zero-order valence-electron chi connectivity index (χ0n) is 17.2. The van der Waals surface area contributed by atoms with E-state index in [4.69, 9.17) is 4.99 Å². The SMILES string of the molecule is CCCCn1c(O)c(C(C)=NC2CCN(Cc3ccccc3)CC2)c(=O)[nH]c1=O. The van der Waals surface area contributed by atoms with Crippen LogP contribution in [0.2, 0.25) is 0 Å². The number of hydrogen-bond donors (Lipinski definition) is 2. The van der Waals surface area contributed by atoms with Crippen molar-refractivity contribution in [1.29, 1.82) is 0 Å². The van der Waals surface area contributed by atoms with Gasteiger partial charge in [0.05, 0.1) is 11.8 Å². The van der Waals surface area contributed by atoms with Gasteiger partial charge in [-0.1, -0.05) is 43.7 Å². The van der Waals surface area contributed by atoms with Gasteiger partial charge in [-0.15, -0.1) is 0 Å². The third-order valence-corrected chi connectivity index (χ3v) is 5.45. The van der Waals surface area contributed by atoms with Crippen LogP contribution in [0.1, 0.15) is 50.7 Å². The summed E-state index contributed by atoms with van der Waals surface area (Å²) in [7, 11) is 0. The first-order chi connectivity index (χ1) is 14.0. The van der Waals surface area contributed by atoms with Crippen molar-refractivity contribution < 1.29 is 5.11 Å². The number of likely N-dealkylation sites (tertiary alicyclic amines) is 1. The molecule has 156 valence electrons. The number of unbranched alkanes of at least 4 members (excludes halogenated alkanes) is 1. The Labute approximate surface area is 170 Å². The Kier molecular flexibility index (Phi) is 7.04. The van der Waals surface area contributed by atoms with Gasteiger partial charge >= 0.3 is 5.69 Å². The van der Waals surface area contributed by atoms with E-state index in [0.29, 0.717) is 12.3 Å². The highest BCUT2D eigenvalue weighted by atomic mass is 16.3. The molecule has 2 N–H and O–H groups in total. The molecule has 0 atom stereocenters. The predicted molar refractivity (Wildman–Crippen MR) is 115 cm³/mol. The third-order valence-electron chi connectivity index (χ3n) is 5.45. The maximum absolute atomic E-state index is 12.3. The minimum Gasteiger partial charge on any atom is -0.494 e. The van der Waals surface area contributed by atoms with Crippen molar-refractivity contribution in [3.8, 4) is 5.88 Å². The number of nitrogens with zero attached hydrogens (tertiary/aromatic N) is 3. The molecule has 1 aliphatic rings. The molecule has 0 radical (unpaired) electrons. The van der Waals surface area contributed by atoms with Crippen LogP contribution in [0, 0.1) is 0 Å². The number of H-pyrrole nitrogens is 1. The average molecular weight is 399 g/mol. The predicted octanol–water partition coefficient (Wildman–Crippen LogP) is 2.52. The van der Waals surface area contributed by atoms with Crippen molar-refractivity contribution in [3.05, 3.63) is 62.3 Å². The van der Waals surface area contributed by atoms with Crippen LogP contribution in [0.5, 0.6) is 5.88 Å². The summed E-state index contributed by atoms with van der Waals surface area (Å²) in [5, 5.41) is 10.5. The molecular weight excluding hydrogens is 368 g/mol. The standard InChI is InChI=1S/C22H30N4O3/c1-3-4-12-26-21(28)19(20(27)24-22(26)29)16(2)23-18-10-13-25(14-11-18)15-17-8-6-5-7-9-17/h5-9,18,28H,3-4,10-15H2,1-2H3,(H,24,27,29). The summed E-state index contributed by atoms with van der Waals surface area (Å²) in [6.07, 6.45) is 3.43. The van der Waals surface area contributed by atoms with E-state index in [1.54, 1.807) is 6.92 Å². The number of aliphatic imine (C=N–C) groups is 1. The fourth-order valence-corrected chi connectivity index (χ4v) is 3.80. The van der Waals surface area contributed by atoms with E-state index in [1.807, 2.05) is 13.0 Å². The van der Waals surface area contributed by atoms with Crippen LogP contribution in [0.4, 0.5) is 0 Å². The Hall–Kier alpha value is -2.67. The van der Waals surface area contributed by atoms with Gasteiger partial charge in [0.15, 0.2) is 0 Å². The normalized spacial score (nSPS) is 16.3. The fourth-order valence-electron chi connectivity index (χ4n) is 3.80. The quantitative estimate of drug-likeness (QED) is 0.701. The Morgan fingerprint density at radius 2 is 1.90 bits per heavy atom. The third kappa shape index (κ3) is 5.23. The first kappa shape index (κ1) is 21.0. The lowest BCUT2D eigenvalue weighted by Crippen LogP contribution is -2.36. The van der Waals surface area contributed by atoms with E-state index in [0.717, 1.165) is 45.3 Å². The zero-order chi connectivity index (χ0) is 20.8. The zero-order valence-corrected chi connectivity index (χ0v) is 17.2. The Balaban J connectivity index is 1.70. The van der Waals surface area contributed by atoms with Gasteiger partial charge in [0.2, 0.25) is 5.88 Å². The van der Waals surface area contributed by atoms with Gasteiger partial charge in [-0.25, -0.2) is 4.79 Å². The summed E-state index contributed by atoms with van der Waals surface area (Å²) in [5.74, 6) is -0.282. The second kappa shape index (κ2) is 9.69. The van der Waals surface area contributed by atoms with Gasteiger partial charge in [-0.2, -0.15) is 0 Å². The Morgan fingerprint density at radius 3 is 2.55 bits per heavy atom. The molecule has 7 nitrogen and oxygen atoms in total. The van der Waals surface area contributed by atoms with Crippen molar-refractivity contribution in [2.45, 2.75) is 58.7 Å². The van der Waals surface area contributed by atoms with Crippen LogP contribution in [0.15, 0.2) is 44.9 Å². The minimum atomic E-state index is -0.581. The summed E-state index contributed by atoms with van der Waals surface area (Å²) in [4.78, 5) is 33.8. The first-order valence-corrected chi connectivity index (χ1v) is 10.4. The maximum Gasteiger partial charge on any atom is 0.331 e. The monoisotopic (exact) mass is 398 g/mol. The Morgan fingerprint density at radius 1 is 1.21 bits per heavy atom. The van der Waals surface area contributed by atoms with Crippen molar-refractivity contribution in [3.63, 3.8) is 0 Å². The van der Waals surface area contributed by atoms with Crippen molar-refractivity contribution >= 4 is 5.71 Å². The van der Waals surface area contributed by atoms with E-state index in [9.17, 15) is 14.7 Å². The lowest BCUT2D eigenvalue weighted by atomic mass is 10.0. The van der Waals surface area contributed by atoms with Gasteiger partial charge in [0.1, 0.15) is 5.56 Å². The van der Waals surface area contributed by atoms with Gasteiger partial charge in [0, 0.05) is 26.2 Å². The van der Waals surface area contributed by atoms with Crippen LogP contribution in [-0.2, 0) is 13.1 Å². The molecule has 7 heteroatoms. The van der Waals surface area contributed by atoms with Crippen LogP contribution in [0.25, 0.3) is 0 Å². The highest BCUT2D eigenvalue weighted by Gasteiger charge is 2.21. The molecule has 0 bridgehead atoms. The number of piperidine rings is 1. The number of aromatic amines is 1. The molecule has 1 aromatic heterocycles. The number of aromatic hydroxyl groups is 1. The number of benzene rings is 1. The summed E-state index contributed by atoms with van der Waals surface area (Å²) >= 11 is 0. The van der Waals surface area contributed by atoms with Crippen molar-refractivity contribution in [2.75, 3.05) is 13.1 Å². The molecule has 2 heterocycles.